The van der Waals surface area contributed by atoms with Crippen molar-refractivity contribution in [3.63, 3.8) is 0 Å². The summed E-state index contributed by atoms with van der Waals surface area (Å²) in [6, 6.07) is 14.7. The Hall–Kier alpha value is -2.04. The SMILES string of the molecule is O=C(C[NH+]1CCCC1)Nc1cc(Cl)ccc1Oc1ccccc1. The molecule has 1 saturated heterocycles. The molecular formula is C18H20ClN2O2+. The molecule has 1 amide bonds. The zero-order chi connectivity index (χ0) is 16.1. The minimum absolute atomic E-state index is 0.0120. The van der Waals surface area contributed by atoms with Crippen molar-refractivity contribution in [1.82, 2.24) is 0 Å². The first-order chi connectivity index (χ1) is 11.2. The summed E-state index contributed by atoms with van der Waals surface area (Å²) in [7, 11) is 0. The number of ether oxygens (including phenoxy) is 1. The van der Waals surface area contributed by atoms with Crippen LogP contribution in [0, 0.1) is 0 Å². The van der Waals surface area contributed by atoms with E-state index in [9.17, 15) is 4.79 Å². The average molecular weight is 332 g/mol. The van der Waals surface area contributed by atoms with Gasteiger partial charge in [-0.25, -0.2) is 0 Å². The molecule has 0 aliphatic carbocycles. The second kappa shape index (κ2) is 7.49. The van der Waals surface area contributed by atoms with Crippen molar-refractivity contribution in [3.05, 3.63) is 53.6 Å². The molecule has 4 nitrogen and oxygen atoms in total. The van der Waals surface area contributed by atoms with E-state index in [1.54, 1.807) is 18.2 Å². The molecule has 1 aliphatic rings. The third-order valence-corrected chi connectivity index (χ3v) is 4.14. The van der Waals surface area contributed by atoms with E-state index in [4.69, 9.17) is 16.3 Å². The molecule has 0 radical (unpaired) electrons. The summed E-state index contributed by atoms with van der Waals surface area (Å²) in [5.41, 5.74) is 0.602. The third-order valence-electron chi connectivity index (χ3n) is 3.91. The number of carbonyl (C=O) groups is 1. The van der Waals surface area contributed by atoms with Crippen LogP contribution in [0.4, 0.5) is 5.69 Å². The smallest absolute Gasteiger partial charge is 0.279 e. The van der Waals surface area contributed by atoms with Crippen LogP contribution in [0.25, 0.3) is 0 Å². The average Bonchev–Trinajstić information content (AvgIpc) is 3.04. The Bertz CT molecular complexity index is 670. The Morgan fingerprint density at radius 2 is 1.87 bits per heavy atom. The predicted molar refractivity (Wildman–Crippen MR) is 91.4 cm³/mol. The molecule has 3 rings (SSSR count). The topological polar surface area (TPSA) is 42.8 Å². The number of para-hydroxylation sites is 1. The van der Waals surface area contributed by atoms with E-state index in [0.717, 1.165) is 18.8 Å². The van der Waals surface area contributed by atoms with Crippen molar-refractivity contribution in [1.29, 1.82) is 0 Å². The van der Waals surface area contributed by atoms with Gasteiger partial charge in [-0.2, -0.15) is 0 Å². The molecule has 0 atom stereocenters. The lowest BCUT2D eigenvalue weighted by Crippen LogP contribution is -3.11. The Labute approximate surface area is 141 Å². The number of amides is 1. The molecular weight excluding hydrogens is 312 g/mol. The van der Waals surface area contributed by atoms with Crippen LogP contribution in [0.15, 0.2) is 48.5 Å². The number of anilines is 1. The summed E-state index contributed by atoms with van der Waals surface area (Å²) in [6.45, 7) is 2.62. The van der Waals surface area contributed by atoms with Crippen LogP contribution in [0.5, 0.6) is 11.5 Å². The molecule has 120 valence electrons. The largest absolute Gasteiger partial charge is 0.455 e. The first-order valence-corrected chi connectivity index (χ1v) is 8.24. The van der Waals surface area contributed by atoms with Gasteiger partial charge >= 0.3 is 0 Å². The van der Waals surface area contributed by atoms with Crippen LogP contribution in [0.3, 0.4) is 0 Å². The van der Waals surface area contributed by atoms with E-state index in [1.807, 2.05) is 30.3 Å². The molecule has 2 N–H and O–H groups in total. The summed E-state index contributed by atoms with van der Waals surface area (Å²) >= 11 is 6.06. The van der Waals surface area contributed by atoms with Gasteiger partial charge in [-0.15, -0.1) is 0 Å². The molecule has 0 spiro atoms. The molecule has 0 bridgehead atoms. The number of hydrogen-bond donors (Lipinski definition) is 2. The van der Waals surface area contributed by atoms with Gasteiger partial charge in [0.2, 0.25) is 0 Å². The van der Waals surface area contributed by atoms with Crippen LogP contribution >= 0.6 is 11.6 Å². The van der Waals surface area contributed by atoms with Gasteiger partial charge in [-0.3, -0.25) is 4.79 Å². The van der Waals surface area contributed by atoms with Crippen LogP contribution in [0.2, 0.25) is 5.02 Å². The Morgan fingerprint density at radius 1 is 1.13 bits per heavy atom. The summed E-state index contributed by atoms with van der Waals surface area (Å²) in [4.78, 5) is 13.6. The van der Waals surface area contributed by atoms with E-state index in [2.05, 4.69) is 5.32 Å². The Kier molecular flexibility index (Phi) is 5.16. The van der Waals surface area contributed by atoms with Gasteiger partial charge in [0.05, 0.1) is 18.8 Å². The quantitative estimate of drug-likeness (QED) is 0.884. The van der Waals surface area contributed by atoms with Gasteiger partial charge in [-0.1, -0.05) is 29.8 Å². The first kappa shape index (κ1) is 15.8. The van der Waals surface area contributed by atoms with Gasteiger partial charge in [0.15, 0.2) is 12.3 Å². The molecule has 1 aliphatic heterocycles. The minimum atomic E-state index is -0.0120. The number of halogens is 1. The van der Waals surface area contributed by atoms with E-state index < -0.39 is 0 Å². The lowest BCUT2D eigenvalue weighted by atomic mass is 10.2. The summed E-state index contributed by atoms with van der Waals surface area (Å²) in [5, 5.41) is 3.49. The van der Waals surface area contributed by atoms with Crippen molar-refractivity contribution in [3.8, 4) is 11.5 Å². The fourth-order valence-corrected chi connectivity index (χ4v) is 2.95. The van der Waals surface area contributed by atoms with Crippen LogP contribution in [-0.4, -0.2) is 25.5 Å². The monoisotopic (exact) mass is 331 g/mol. The highest BCUT2D eigenvalue weighted by atomic mass is 35.5. The predicted octanol–water partition coefficient (Wildman–Crippen LogP) is 2.75. The van der Waals surface area contributed by atoms with Crippen LogP contribution < -0.4 is 15.0 Å². The maximum Gasteiger partial charge on any atom is 0.279 e. The van der Waals surface area contributed by atoms with Gasteiger partial charge < -0.3 is 15.0 Å². The van der Waals surface area contributed by atoms with Crippen molar-refractivity contribution in [2.24, 2.45) is 0 Å². The highest BCUT2D eigenvalue weighted by Gasteiger charge is 2.19. The second-order valence-corrected chi connectivity index (χ2v) is 6.17. The number of quaternary nitrogens is 1. The summed E-state index contributed by atoms with van der Waals surface area (Å²) < 4.78 is 5.86. The number of likely N-dealkylation sites (tertiary alicyclic amines) is 1. The molecule has 5 heteroatoms. The van der Waals surface area contributed by atoms with Gasteiger partial charge in [-0.05, 0) is 30.3 Å². The fourth-order valence-electron chi connectivity index (χ4n) is 2.78. The number of carbonyl (C=O) groups excluding carboxylic acids is 1. The Morgan fingerprint density at radius 3 is 2.61 bits per heavy atom. The molecule has 1 heterocycles. The number of rotatable bonds is 5. The highest BCUT2D eigenvalue weighted by Crippen LogP contribution is 2.31. The minimum Gasteiger partial charge on any atom is -0.455 e. The normalized spacial score (nSPS) is 14.7. The van der Waals surface area contributed by atoms with Crippen LogP contribution in [-0.2, 0) is 4.79 Å². The standard InChI is InChI=1S/C18H19ClN2O2/c19-14-8-9-17(23-15-6-2-1-3-7-15)16(12-14)20-18(22)13-21-10-4-5-11-21/h1-3,6-9,12H,4-5,10-11,13H2,(H,20,22)/p+1. The van der Waals surface area contributed by atoms with E-state index in [0.29, 0.717) is 23.0 Å². The molecule has 2 aromatic rings. The van der Waals surface area contributed by atoms with Crippen molar-refractivity contribution < 1.29 is 14.4 Å². The summed E-state index contributed by atoms with van der Waals surface area (Å²) in [6.07, 6.45) is 2.39. The van der Waals surface area contributed by atoms with Crippen molar-refractivity contribution in [2.75, 3.05) is 25.0 Å². The third kappa shape index (κ3) is 4.47. The van der Waals surface area contributed by atoms with Crippen molar-refractivity contribution >= 4 is 23.2 Å². The maximum atomic E-state index is 12.3. The zero-order valence-corrected chi connectivity index (χ0v) is 13.6. The Balaban J connectivity index is 1.72. The lowest BCUT2D eigenvalue weighted by molar-refractivity contribution is -0.878. The highest BCUT2D eigenvalue weighted by molar-refractivity contribution is 6.31. The molecule has 23 heavy (non-hydrogen) atoms. The van der Waals surface area contributed by atoms with E-state index in [-0.39, 0.29) is 5.91 Å². The molecule has 0 unspecified atom stereocenters. The number of benzene rings is 2. The van der Waals surface area contributed by atoms with Gasteiger partial charge in [0, 0.05) is 17.9 Å². The maximum absolute atomic E-state index is 12.3. The van der Waals surface area contributed by atoms with E-state index in [1.165, 1.54) is 17.7 Å². The van der Waals surface area contributed by atoms with Crippen molar-refractivity contribution in [2.45, 2.75) is 12.8 Å². The molecule has 0 aromatic heterocycles. The van der Waals surface area contributed by atoms with Gasteiger partial charge in [0.1, 0.15) is 5.75 Å². The fraction of sp³-hybridized carbons (Fsp3) is 0.278. The number of nitrogens with one attached hydrogen (secondary N) is 2. The zero-order valence-electron chi connectivity index (χ0n) is 12.8. The molecule has 0 saturated carbocycles. The molecule has 1 fully saturated rings. The molecule has 2 aromatic carbocycles. The summed E-state index contributed by atoms with van der Waals surface area (Å²) in [5.74, 6) is 1.29. The van der Waals surface area contributed by atoms with E-state index >= 15 is 0 Å². The van der Waals surface area contributed by atoms with Gasteiger partial charge in [0.25, 0.3) is 5.91 Å². The van der Waals surface area contributed by atoms with Crippen LogP contribution in [0.1, 0.15) is 12.8 Å². The lowest BCUT2D eigenvalue weighted by Gasteiger charge is -2.15. The first-order valence-electron chi connectivity index (χ1n) is 7.86. The number of hydrogen-bond acceptors (Lipinski definition) is 2. The second-order valence-electron chi connectivity index (χ2n) is 5.74.